The van der Waals surface area contributed by atoms with Gasteiger partial charge in [-0.2, -0.15) is 10.4 Å². The fourth-order valence-corrected chi connectivity index (χ4v) is 4.08. The van der Waals surface area contributed by atoms with Crippen molar-refractivity contribution in [2.75, 3.05) is 20.2 Å². The lowest BCUT2D eigenvalue weighted by Gasteiger charge is -2.32. The summed E-state index contributed by atoms with van der Waals surface area (Å²) in [7, 11) is 1.61. The van der Waals surface area contributed by atoms with Crippen molar-refractivity contribution >= 4 is 5.91 Å². The summed E-state index contributed by atoms with van der Waals surface area (Å²) >= 11 is 0. The van der Waals surface area contributed by atoms with Crippen LogP contribution >= 0.6 is 0 Å². The number of likely N-dealkylation sites (tertiary alicyclic amines) is 1. The SMILES string of the molecule is COc1cn[nH]c1-c1cc(C(=O)N2CCC(c3ccc(C#N)cc3)CC2)ccc1C. The van der Waals surface area contributed by atoms with Crippen molar-refractivity contribution in [3.63, 3.8) is 0 Å². The topological polar surface area (TPSA) is 82.0 Å². The predicted molar refractivity (Wildman–Crippen MR) is 114 cm³/mol. The van der Waals surface area contributed by atoms with Crippen LogP contribution in [0.1, 0.15) is 45.8 Å². The molecule has 0 radical (unpaired) electrons. The number of hydrogen-bond donors (Lipinski definition) is 1. The van der Waals surface area contributed by atoms with Crippen molar-refractivity contribution in [1.29, 1.82) is 5.26 Å². The van der Waals surface area contributed by atoms with E-state index in [2.05, 4.69) is 16.3 Å². The minimum Gasteiger partial charge on any atom is -0.493 e. The molecule has 1 N–H and O–H groups in total. The molecule has 1 aliphatic heterocycles. The summed E-state index contributed by atoms with van der Waals surface area (Å²) in [6, 6.07) is 15.7. The predicted octanol–water partition coefficient (Wildman–Crippen LogP) is 4.29. The molecule has 0 saturated carbocycles. The number of carbonyl (C=O) groups is 1. The second-order valence-electron chi connectivity index (χ2n) is 7.64. The van der Waals surface area contributed by atoms with E-state index in [1.807, 2.05) is 54.3 Å². The summed E-state index contributed by atoms with van der Waals surface area (Å²) in [5.41, 5.74) is 5.34. The van der Waals surface area contributed by atoms with Crippen molar-refractivity contribution in [2.45, 2.75) is 25.7 Å². The summed E-state index contributed by atoms with van der Waals surface area (Å²) in [5.74, 6) is 1.13. The van der Waals surface area contributed by atoms with Crippen LogP contribution in [0, 0.1) is 18.3 Å². The highest BCUT2D eigenvalue weighted by Crippen LogP contribution is 2.32. The zero-order chi connectivity index (χ0) is 21.1. The summed E-state index contributed by atoms with van der Waals surface area (Å²) in [4.78, 5) is 15.1. The van der Waals surface area contributed by atoms with Gasteiger partial charge in [-0.1, -0.05) is 18.2 Å². The van der Waals surface area contributed by atoms with E-state index in [1.54, 1.807) is 13.3 Å². The van der Waals surface area contributed by atoms with Crippen LogP contribution in [0.2, 0.25) is 0 Å². The Bertz CT molecular complexity index is 1090. The highest BCUT2D eigenvalue weighted by Gasteiger charge is 2.25. The van der Waals surface area contributed by atoms with Crippen molar-refractivity contribution < 1.29 is 9.53 Å². The molecule has 1 amide bonds. The van der Waals surface area contributed by atoms with Crippen molar-refractivity contribution in [3.05, 3.63) is 70.9 Å². The van der Waals surface area contributed by atoms with Gasteiger partial charge in [0.15, 0.2) is 5.75 Å². The van der Waals surface area contributed by atoms with Gasteiger partial charge in [-0.3, -0.25) is 9.89 Å². The van der Waals surface area contributed by atoms with Gasteiger partial charge in [0.25, 0.3) is 5.91 Å². The first kappa shape index (κ1) is 19.7. The largest absolute Gasteiger partial charge is 0.493 e. The average molecular weight is 400 g/mol. The van der Waals surface area contributed by atoms with Crippen LogP contribution in [0.5, 0.6) is 5.75 Å². The van der Waals surface area contributed by atoms with Gasteiger partial charge >= 0.3 is 0 Å². The van der Waals surface area contributed by atoms with Gasteiger partial charge in [0.05, 0.1) is 24.9 Å². The molecule has 0 spiro atoms. The Morgan fingerprint density at radius 3 is 2.60 bits per heavy atom. The molecule has 4 rings (SSSR count). The number of H-pyrrole nitrogens is 1. The molecule has 0 unspecified atom stereocenters. The minimum absolute atomic E-state index is 0.0491. The minimum atomic E-state index is 0.0491. The van der Waals surface area contributed by atoms with Crippen LogP contribution in [-0.4, -0.2) is 41.2 Å². The number of aromatic nitrogens is 2. The highest BCUT2D eigenvalue weighted by atomic mass is 16.5. The van der Waals surface area contributed by atoms with Crippen LogP contribution in [-0.2, 0) is 0 Å². The second kappa shape index (κ2) is 8.42. The molecular weight excluding hydrogens is 376 g/mol. The zero-order valence-electron chi connectivity index (χ0n) is 17.2. The molecule has 0 bridgehead atoms. The number of methoxy groups -OCH3 is 1. The Labute approximate surface area is 176 Å². The summed E-state index contributed by atoms with van der Waals surface area (Å²) in [5, 5.41) is 16.0. The molecule has 6 nitrogen and oxygen atoms in total. The third-order valence-corrected chi connectivity index (χ3v) is 5.87. The van der Waals surface area contributed by atoms with E-state index in [4.69, 9.17) is 10.00 Å². The smallest absolute Gasteiger partial charge is 0.253 e. The fourth-order valence-electron chi connectivity index (χ4n) is 4.08. The lowest BCUT2D eigenvalue weighted by Crippen LogP contribution is -2.37. The summed E-state index contributed by atoms with van der Waals surface area (Å²) < 4.78 is 5.37. The van der Waals surface area contributed by atoms with Crippen molar-refractivity contribution in [2.24, 2.45) is 0 Å². The molecule has 152 valence electrons. The summed E-state index contributed by atoms with van der Waals surface area (Å²) in [6.45, 7) is 3.45. The van der Waals surface area contributed by atoms with Gasteiger partial charge in [0, 0.05) is 24.2 Å². The number of ether oxygens (including phenoxy) is 1. The van der Waals surface area contributed by atoms with Crippen LogP contribution in [0.25, 0.3) is 11.3 Å². The molecule has 1 aromatic heterocycles. The van der Waals surface area contributed by atoms with E-state index in [1.165, 1.54) is 5.56 Å². The Morgan fingerprint density at radius 2 is 1.93 bits per heavy atom. The third-order valence-electron chi connectivity index (χ3n) is 5.87. The van der Waals surface area contributed by atoms with E-state index in [0.717, 1.165) is 42.8 Å². The fraction of sp³-hybridized carbons (Fsp3) is 0.292. The molecule has 2 heterocycles. The number of benzene rings is 2. The van der Waals surface area contributed by atoms with E-state index in [9.17, 15) is 4.79 Å². The first-order chi connectivity index (χ1) is 14.6. The van der Waals surface area contributed by atoms with Crippen LogP contribution in [0.15, 0.2) is 48.7 Å². The quantitative estimate of drug-likeness (QED) is 0.708. The number of nitrogens with zero attached hydrogens (tertiary/aromatic N) is 3. The maximum absolute atomic E-state index is 13.1. The number of carbonyl (C=O) groups excluding carboxylic acids is 1. The van der Waals surface area contributed by atoms with Crippen molar-refractivity contribution in [1.82, 2.24) is 15.1 Å². The standard InChI is InChI=1S/C24H24N4O2/c1-16-3-6-20(13-21(16)23-22(30-2)15-26-27-23)24(29)28-11-9-19(10-12-28)18-7-4-17(14-25)5-8-18/h3-8,13,15,19H,9-12H2,1-2H3,(H,26,27). The maximum Gasteiger partial charge on any atom is 0.253 e. The first-order valence-electron chi connectivity index (χ1n) is 10.1. The van der Waals surface area contributed by atoms with Gasteiger partial charge in [0.2, 0.25) is 0 Å². The van der Waals surface area contributed by atoms with Crippen molar-refractivity contribution in [3.8, 4) is 23.1 Å². The van der Waals surface area contributed by atoms with Gasteiger partial charge in [-0.05, 0) is 61.1 Å². The number of nitrogens with one attached hydrogen (secondary N) is 1. The Morgan fingerprint density at radius 1 is 1.20 bits per heavy atom. The average Bonchev–Trinajstić information content (AvgIpc) is 3.28. The van der Waals surface area contributed by atoms with Gasteiger partial charge < -0.3 is 9.64 Å². The normalized spacial score (nSPS) is 14.4. The van der Waals surface area contributed by atoms with Gasteiger partial charge in [-0.25, -0.2) is 0 Å². The number of nitriles is 1. The molecule has 1 fully saturated rings. The molecule has 6 heteroatoms. The lowest BCUT2D eigenvalue weighted by molar-refractivity contribution is 0.0713. The molecule has 0 aliphatic carbocycles. The first-order valence-corrected chi connectivity index (χ1v) is 10.1. The van der Waals surface area contributed by atoms with Gasteiger partial charge in [0.1, 0.15) is 5.69 Å². The van der Waals surface area contributed by atoms with E-state index in [-0.39, 0.29) is 5.91 Å². The monoisotopic (exact) mass is 400 g/mol. The third kappa shape index (κ3) is 3.79. The highest BCUT2D eigenvalue weighted by molar-refractivity contribution is 5.96. The van der Waals surface area contributed by atoms with E-state index >= 15 is 0 Å². The number of amides is 1. The Hall–Kier alpha value is -3.59. The molecule has 30 heavy (non-hydrogen) atoms. The second-order valence-corrected chi connectivity index (χ2v) is 7.64. The molecule has 2 aromatic carbocycles. The van der Waals surface area contributed by atoms with Crippen LogP contribution < -0.4 is 4.74 Å². The Kier molecular flexibility index (Phi) is 5.53. The molecule has 0 atom stereocenters. The number of aromatic amines is 1. The summed E-state index contributed by atoms with van der Waals surface area (Å²) in [6.07, 6.45) is 3.48. The number of aryl methyl sites for hydroxylation is 1. The maximum atomic E-state index is 13.1. The van der Waals surface area contributed by atoms with E-state index in [0.29, 0.717) is 22.8 Å². The zero-order valence-corrected chi connectivity index (χ0v) is 17.2. The lowest BCUT2D eigenvalue weighted by atomic mass is 9.88. The van der Waals surface area contributed by atoms with Crippen LogP contribution in [0.3, 0.4) is 0 Å². The molecular formula is C24H24N4O2. The number of rotatable bonds is 4. The van der Waals surface area contributed by atoms with Crippen LogP contribution in [0.4, 0.5) is 0 Å². The number of piperidine rings is 1. The molecule has 3 aromatic rings. The number of hydrogen-bond acceptors (Lipinski definition) is 4. The molecule has 1 saturated heterocycles. The molecule has 1 aliphatic rings. The van der Waals surface area contributed by atoms with Gasteiger partial charge in [-0.15, -0.1) is 0 Å². The Balaban J connectivity index is 1.48. The van der Waals surface area contributed by atoms with E-state index < -0.39 is 0 Å².